The van der Waals surface area contributed by atoms with Crippen LogP contribution in [0.15, 0.2) is 29.2 Å². The summed E-state index contributed by atoms with van der Waals surface area (Å²) in [4.78, 5) is -0.173. The molecule has 1 rings (SSSR count). The Morgan fingerprint density at radius 1 is 1.36 bits per heavy atom. The van der Waals surface area contributed by atoms with Gasteiger partial charge in [-0.25, -0.2) is 4.39 Å². The second-order valence-electron chi connectivity index (χ2n) is 3.10. The van der Waals surface area contributed by atoms with E-state index in [9.17, 15) is 12.8 Å². The van der Waals surface area contributed by atoms with Gasteiger partial charge in [-0.15, -0.1) is 0 Å². The lowest BCUT2D eigenvalue weighted by molar-refractivity contribution is 0.360. The summed E-state index contributed by atoms with van der Waals surface area (Å²) in [5, 5.41) is 0. The van der Waals surface area contributed by atoms with Gasteiger partial charge in [0.2, 0.25) is 0 Å². The summed E-state index contributed by atoms with van der Waals surface area (Å²) in [7, 11) is -4.14. The van der Waals surface area contributed by atoms with Gasteiger partial charge in [0.05, 0.1) is 4.90 Å². The molecule has 78 valence electrons. The van der Waals surface area contributed by atoms with Crippen LogP contribution in [0.1, 0.15) is 12.5 Å². The first-order chi connectivity index (χ1) is 6.39. The molecule has 1 unspecified atom stereocenters. The highest BCUT2D eigenvalue weighted by Crippen LogP contribution is 2.12. The molecule has 1 N–H and O–H groups in total. The molecule has 0 saturated carbocycles. The predicted molar refractivity (Wildman–Crippen MR) is 50.5 cm³/mol. The third-order valence-electron chi connectivity index (χ3n) is 1.74. The summed E-state index contributed by atoms with van der Waals surface area (Å²) in [6.45, 7) is 1.43. The number of halogens is 1. The van der Waals surface area contributed by atoms with Crippen LogP contribution in [0.2, 0.25) is 0 Å². The normalized spacial score (nSPS) is 13.9. The molecule has 0 heterocycles. The standard InChI is InChI=1S/C9H11FO3S/c1-7(10)6-8-2-4-9(5-3-8)14(11,12)13/h2-5,7H,6H2,1H3,(H,11,12,13). The molecule has 5 heteroatoms. The Morgan fingerprint density at radius 2 is 1.86 bits per heavy atom. The molecule has 0 aliphatic carbocycles. The van der Waals surface area contributed by atoms with Crippen molar-refractivity contribution < 1.29 is 17.4 Å². The van der Waals surface area contributed by atoms with Crippen molar-refractivity contribution in [1.29, 1.82) is 0 Å². The third kappa shape index (κ3) is 3.08. The number of rotatable bonds is 3. The van der Waals surface area contributed by atoms with E-state index < -0.39 is 16.3 Å². The molecule has 0 aromatic heterocycles. The highest BCUT2D eigenvalue weighted by molar-refractivity contribution is 7.85. The molecule has 0 aliphatic heterocycles. The molecule has 0 aliphatic rings. The van der Waals surface area contributed by atoms with E-state index in [4.69, 9.17) is 4.55 Å². The van der Waals surface area contributed by atoms with Crippen molar-refractivity contribution in [2.75, 3.05) is 0 Å². The number of alkyl halides is 1. The highest BCUT2D eigenvalue weighted by atomic mass is 32.2. The van der Waals surface area contributed by atoms with E-state index in [0.29, 0.717) is 5.56 Å². The average molecular weight is 218 g/mol. The minimum Gasteiger partial charge on any atom is -0.282 e. The van der Waals surface area contributed by atoms with Crippen LogP contribution in [0.4, 0.5) is 4.39 Å². The molecule has 0 bridgehead atoms. The van der Waals surface area contributed by atoms with E-state index >= 15 is 0 Å². The molecule has 0 spiro atoms. The molecule has 1 aromatic carbocycles. The van der Waals surface area contributed by atoms with Gasteiger partial charge < -0.3 is 0 Å². The Labute approximate surface area is 82.3 Å². The third-order valence-corrected chi connectivity index (χ3v) is 2.61. The van der Waals surface area contributed by atoms with Gasteiger partial charge in [0.15, 0.2) is 0 Å². The van der Waals surface area contributed by atoms with E-state index in [2.05, 4.69) is 0 Å². The average Bonchev–Trinajstić information content (AvgIpc) is 2.02. The first kappa shape index (κ1) is 11.1. The molecule has 1 atom stereocenters. The summed E-state index contributed by atoms with van der Waals surface area (Å²) in [5.41, 5.74) is 0.701. The summed E-state index contributed by atoms with van der Waals surface area (Å²) in [5.74, 6) is 0. The summed E-state index contributed by atoms with van der Waals surface area (Å²) >= 11 is 0. The van der Waals surface area contributed by atoms with Crippen molar-refractivity contribution >= 4 is 10.1 Å². The van der Waals surface area contributed by atoms with E-state index in [-0.39, 0.29) is 11.3 Å². The van der Waals surface area contributed by atoms with E-state index in [0.717, 1.165) is 0 Å². The second-order valence-corrected chi connectivity index (χ2v) is 4.53. The Morgan fingerprint density at radius 3 is 2.21 bits per heavy atom. The Hall–Kier alpha value is -0.940. The Kier molecular flexibility index (Phi) is 3.23. The highest BCUT2D eigenvalue weighted by Gasteiger charge is 2.08. The molecule has 0 radical (unpaired) electrons. The Balaban J connectivity index is 2.90. The van der Waals surface area contributed by atoms with Crippen LogP contribution in [0.5, 0.6) is 0 Å². The minimum absolute atomic E-state index is 0.173. The largest absolute Gasteiger partial charge is 0.294 e. The van der Waals surface area contributed by atoms with E-state index in [1.54, 1.807) is 0 Å². The van der Waals surface area contributed by atoms with Crippen molar-refractivity contribution in [3.63, 3.8) is 0 Å². The topological polar surface area (TPSA) is 54.4 Å². The SMILES string of the molecule is CC(F)Cc1ccc(S(=O)(=O)O)cc1. The van der Waals surface area contributed by atoms with Gasteiger partial charge in [-0.05, 0) is 24.6 Å². The van der Waals surface area contributed by atoms with Crippen molar-refractivity contribution in [3.8, 4) is 0 Å². The fourth-order valence-corrected chi connectivity index (χ4v) is 1.60. The van der Waals surface area contributed by atoms with Gasteiger partial charge in [-0.3, -0.25) is 4.55 Å². The van der Waals surface area contributed by atoms with Crippen LogP contribution in [0.25, 0.3) is 0 Å². The summed E-state index contributed by atoms with van der Waals surface area (Å²) in [6.07, 6.45) is -0.724. The maximum absolute atomic E-state index is 12.6. The van der Waals surface area contributed by atoms with Crippen LogP contribution in [-0.2, 0) is 16.5 Å². The summed E-state index contributed by atoms with van der Waals surface area (Å²) < 4.78 is 42.5. The maximum atomic E-state index is 12.6. The van der Waals surface area contributed by atoms with Gasteiger partial charge in [0.1, 0.15) is 6.17 Å². The smallest absolute Gasteiger partial charge is 0.282 e. The lowest BCUT2D eigenvalue weighted by Gasteiger charge is -2.02. The predicted octanol–water partition coefficient (Wildman–Crippen LogP) is 1.83. The van der Waals surface area contributed by atoms with Crippen LogP contribution in [-0.4, -0.2) is 19.1 Å². The van der Waals surface area contributed by atoms with Crippen LogP contribution in [0, 0.1) is 0 Å². The first-order valence-corrected chi connectivity index (χ1v) is 5.54. The fraction of sp³-hybridized carbons (Fsp3) is 0.333. The Bertz CT molecular complexity index is 395. The molecule has 0 fully saturated rings. The van der Waals surface area contributed by atoms with Crippen molar-refractivity contribution in [2.24, 2.45) is 0 Å². The van der Waals surface area contributed by atoms with Gasteiger partial charge in [-0.2, -0.15) is 8.42 Å². The van der Waals surface area contributed by atoms with Crippen LogP contribution < -0.4 is 0 Å². The zero-order chi connectivity index (χ0) is 10.8. The minimum atomic E-state index is -4.14. The van der Waals surface area contributed by atoms with Gasteiger partial charge >= 0.3 is 0 Å². The first-order valence-electron chi connectivity index (χ1n) is 4.10. The number of hydrogen-bond acceptors (Lipinski definition) is 2. The fourth-order valence-electron chi connectivity index (χ4n) is 1.12. The monoisotopic (exact) mass is 218 g/mol. The van der Waals surface area contributed by atoms with Gasteiger partial charge in [0, 0.05) is 6.42 Å². The molecule has 3 nitrogen and oxygen atoms in total. The summed E-state index contributed by atoms with van der Waals surface area (Å²) in [6, 6.07) is 5.48. The zero-order valence-electron chi connectivity index (χ0n) is 7.64. The van der Waals surface area contributed by atoms with Crippen molar-refractivity contribution in [2.45, 2.75) is 24.4 Å². The molecule has 0 saturated heterocycles. The molecular weight excluding hydrogens is 207 g/mol. The van der Waals surface area contributed by atoms with Gasteiger partial charge in [0.25, 0.3) is 10.1 Å². The molecule has 1 aromatic rings. The lowest BCUT2D eigenvalue weighted by Crippen LogP contribution is -2.00. The number of benzene rings is 1. The lowest BCUT2D eigenvalue weighted by atomic mass is 10.1. The number of hydrogen-bond donors (Lipinski definition) is 1. The van der Waals surface area contributed by atoms with Crippen LogP contribution in [0.3, 0.4) is 0 Å². The zero-order valence-corrected chi connectivity index (χ0v) is 8.46. The molecule has 14 heavy (non-hydrogen) atoms. The van der Waals surface area contributed by atoms with Crippen molar-refractivity contribution in [1.82, 2.24) is 0 Å². The molecular formula is C9H11FO3S. The van der Waals surface area contributed by atoms with E-state index in [1.165, 1.54) is 31.2 Å². The second kappa shape index (κ2) is 4.06. The van der Waals surface area contributed by atoms with Gasteiger partial charge in [-0.1, -0.05) is 12.1 Å². The van der Waals surface area contributed by atoms with Crippen molar-refractivity contribution in [3.05, 3.63) is 29.8 Å². The van der Waals surface area contributed by atoms with E-state index in [1.807, 2.05) is 0 Å². The quantitative estimate of drug-likeness (QED) is 0.787. The maximum Gasteiger partial charge on any atom is 0.294 e. The molecule has 0 amide bonds. The van der Waals surface area contributed by atoms with Crippen LogP contribution >= 0.6 is 0 Å².